The summed E-state index contributed by atoms with van der Waals surface area (Å²) in [6.45, 7) is 8.59. The van der Waals surface area contributed by atoms with Crippen LogP contribution in [0.3, 0.4) is 0 Å². The van der Waals surface area contributed by atoms with Crippen molar-refractivity contribution in [1.82, 2.24) is 20.4 Å². The Labute approximate surface area is 161 Å². The smallest absolute Gasteiger partial charge is 0.239 e. The molecule has 7 heteroatoms. The molecule has 0 radical (unpaired) electrons. The SMILES string of the molecule is CCNC(=NCc1sccc1C)NCCCN1CCCC1C(=O)N(C)C. The Balaban J connectivity index is 1.77. The van der Waals surface area contributed by atoms with E-state index in [1.54, 1.807) is 16.2 Å². The maximum atomic E-state index is 12.2. The average Bonchev–Trinajstić information content (AvgIpc) is 3.24. The molecule has 1 aliphatic heterocycles. The topological polar surface area (TPSA) is 60.0 Å². The van der Waals surface area contributed by atoms with Crippen molar-refractivity contribution in [2.45, 2.75) is 45.7 Å². The number of aryl methyl sites for hydroxylation is 1. The van der Waals surface area contributed by atoms with Crippen molar-refractivity contribution < 1.29 is 4.79 Å². The number of nitrogens with zero attached hydrogens (tertiary/aromatic N) is 3. The molecule has 0 aromatic carbocycles. The highest BCUT2D eigenvalue weighted by Gasteiger charge is 2.30. The minimum Gasteiger partial charge on any atom is -0.357 e. The van der Waals surface area contributed by atoms with Crippen molar-refractivity contribution in [3.05, 3.63) is 21.9 Å². The molecular weight excluding hydrogens is 346 g/mol. The molecule has 6 nitrogen and oxygen atoms in total. The normalized spacial score (nSPS) is 18.2. The Morgan fingerprint density at radius 2 is 2.23 bits per heavy atom. The Morgan fingerprint density at radius 1 is 1.42 bits per heavy atom. The van der Waals surface area contributed by atoms with Crippen LogP contribution < -0.4 is 10.6 Å². The van der Waals surface area contributed by atoms with Gasteiger partial charge in [-0.05, 0) is 56.7 Å². The van der Waals surface area contributed by atoms with Crippen LogP contribution >= 0.6 is 11.3 Å². The van der Waals surface area contributed by atoms with Crippen LogP contribution in [0.5, 0.6) is 0 Å². The van der Waals surface area contributed by atoms with Crippen molar-refractivity contribution in [1.29, 1.82) is 0 Å². The third-order valence-electron chi connectivity index (χ3n) is 4.70. The molecule has 1 unspecified atom stereocenters. The Kier molecular flexibility index (Phi) is 8.38. The van der Waals surface area contributed by atoms with Gasteiger partial charge in [0.05, 0.1) is 12.6 Å². The lowest BCUT2D eigenvalue weighted by Crippen LogP contribution is -2.44. The third-order valence-corrected chi connectivity index (χ3v) is 5.70. The van der Waals surface area contributed by atoms with Gasteiger partial charge in [0, 0.05) is 38.6 Å². The van der Waals surface area contributed by atoms with Crippen LogP contribution in [0.4, 0.5) is 0 Å². The molecule has 1 fully saturated rings. The fraction of sp³-hybridized carbons (Fsp3) is 0.684. The number of hydrogen-bond donors (Lipinski definition) is 2. The van der Waals surface area contributed by atoms with E-state index in [4.69, 9.17) is 0 Å². The number of aliphatic imine (C=N–C) groups is 1. The fourth-order valence-electron chi connectivity index (χ4n) is 3.22. The molecule has 1 amide bonds. The molecule has 1 atom stereocenters. The number of nitrogens with one attached hydrogen (secondary N) is 2. The van der Waals surface area contributed by atoms with Gasteiger partial charge in [0.2, 0.25) is 5.91 Å². The van der Waals surface area contributed by atoms with Gasteiger partial charge in [-0.15, -0.1) is 11.3 Å². The number of likely N-dealkylation sites (tertiary alicyclic amines) is 1. The van der Waals surface area contributed by atoms with E-state index in [1.807, 2.05) is 14.1 Å². The Bertz CT molecular complexity index is 599. The van der Waals surface area contributed by atoms with Gasteiger partial charge in [0.15, 0.2) is 5.96 Å². The molecule has 26 heavy (non-hydrogen) atoms. The summed E-state index contributed by atoms with van der Waals surface area (Å²) in [7, 11) is 3.68. The van der Waals surface area contributed by atoms with Gasteiger partial charge in [0.1, 0.15) is 0 Å². The first-order valence-electron chi connectivity index (χ1n) is 9.53. The van der Waals surface area contributed by atoms with Crippen LogP contribution in [-0.4, -0.2) is 68.0 Å². The lowest BCUT2D eigenvalue weighted by atomic mass is 10.2. The average molecular weight is 380 g/mol. The van der Waals surface area contributed by atoms with Gasteiger partial charge in [0.25, 0.3) is 0 Å². The molecule has 1 aromatic heterocycles. The number of thiophene rings is 1. The van der Waals surface area contributed by atoms with E-state index in [1.165, 1.54) is 10.4 Å². The van der Waals surface area contributed by atoms with Crippen LogP contribution in [0.15, 0.2) is 16.4 Å². The minimum atomic E-state index is 0.0636. The molecule has 0 bridgehead atoms. The van der Waals surface area contributed by atoms with Crippen molar-refractivity contribution in [2.24, 2.45) is 4.99 Å². The highest BCUT2D eigenvalue weighted by atomic mass is 32.1. The van der Waals surface area contributed by atoms with Crippen LogP contribution in [0.1, 0.15) is 36.6 Å². The van der Waals surface area contributed by atoms with E-state index in [0.717, 1.165) is 51.4 Å². The second-order valence-corrected chi connectivity index (χ2v) is 7.93. The molecule has 2 rings (SSSR count). The van der Waals surface area contributed by atoms with Crippen LogP contribution in [0.25, 0.3) is 0 Å². The second kappa shape index (κ2) is 10.5. The van der Waals surface area contributed by atoms with Gasteiger partial charge in [-0.2, -0.15) is 0 Å². The Hall–Kier alpha value is -1.60. The quantitative estimate of drug-likeness (QED) is 0.412. The monoisotopic (exact) mass is 379 g/mol. The molecule has 0 saturated carbocycles. The predicted molar refractivity (Wildman–Crippen MR) is 110 cm³/mol. The first-order chi connectivity index (χ1) is 12.5. The summed E-state index contributed by atoms with van der Waals surface area (Å²) in [5.41, 5.74) is 1.31. The zero-order valence-corrected chi connectivity index (χ0v) is 17.4. The van der Waals surface area contributed by atoms with E-state index >= 15 is 0 Å². The van der Waals surface area contributed by atoms with Crippen LogP contribution in [0, 0.1) is 6.92 Å². The first-order valence-corrected chi connectivity index (χ1v) is 10.4. The summed E-state index contributed by atoms with van der Waals surface area (Å²) in [5, 5.41) is 8.83. The van der Waals surface area contributed by atoms with Crippen molar-refractivity contribution in [3.8, 4) is 0 Å². The number of guanidine groups is 1. The molecule has 0 aliphatic carbocycles. The van der Waals surface area contributed by atoms with Crippen molar-refractivity contribution in [2.75, 3.05) is 40.3 Å². The third kappa shape index (κ3) is 5.99. The lowest BCUT2D eigenvalue weighted by Gasteiger charge is -2.26. The van der Waals surface area contributed by atoms with Gasteiger partial charge in [-0.25, -0.2) is 4.99 Å². The molecular formula is C19H33N5OS. The van der Waals surface area contributed by atoms with E-state index in [0.29, 0.717) is 6.54 Å². The number of rotatable bonds is 8. The second-order valence-electron chi connectivity index (χ2n) is 6.93. The van der Waals surface area contributed by atoms with Crippen molar-refractivity contribution in [3.63, 3.8) is 0 Å². The van der Waals surface area contributed by atoms with E-state index in [2.05, 4.69) is 45.8 Å². The summed E-state index contributed by atoms with van der Waals surface area (Å²) < 4.78 is 0. The van der Waals surface area contributed by atoms with Crippen LogP contribution in [-0.2, 0) is 11.3 Å². The molecule has 146 valence electrons. The number of amides is 1. The Morgan fingerprint density at radius 3 is 2.88 bits per heavy atom. The highest BCUT2D eigenvalue weighted by Crippen LogP contribution is 2.19. The molecule has 0 spiro atoms. The molecule has 1 aliphatic rings. The zero-order valence-electron chi connectivity index (χ0n) is 16.5. The van der Waals surface area contributed by atoms with Gasteiger partial charge in [-0.3, -0.25) is 9.69 Å². The largest absolute Gasteiger partial charge is 0.357 e. The minimum absolute atomic E-state index is 0.0636. The lowest BCUT2D eigenvalue weighted by molar-refractivity contribution is -0.133. The maximum Gasteiger partial charge on any atom is 0.239 e. The summed E-state index contributed by atoms with van der Waals surface area (Å²) in [6.07, 6.45) is 3.09. The molecule has 1 aromatic rings. The fourth-order valence-corrected chi connectivity index (χ4v) is 4.05. The highest BCUT2D eigenvalue weighted by molar-refractivity contribution is 7.10. The summed E-state index contributed by atoms with van der Waals surface area (Å²) in [5.74, 6) is 1.10. The molecule has 2 N–H and O–H groups in total. The summed E-state index contributed by atoms with van der Waals surface area (Å²) in [4.78, 5) is 22.3. The van der Waals surface area contributed by atoms with Gasteiger partial charge >= 0.3 is 0 Å². The van der Waals surface area contributed by atoms with Crippen molar-refractivity contribution >= 4 is 23.2 Å². The van der Waals surface area contributed by atoms with Gasteiger partial charge in [-0.1, -0.05) is 0 Å². The summed E-state index contributed by atoms with van der Waals surface area (Å²) in [6, 6.07) is 2.20. The zero-order chi connectivity index (χ0) is 18.9. The van der Waals surface area contributed by atoms with E-state index in [-0.39, 0.29) is 11.9 Å². The van der Waals surface area contributed by atoms with Crippen LogP contribution in [0.2, 0.25) is 0 Å². The number of carbonyl (C=O) groups excluding carboxylic acids is 1. The predicted octanol–water partition coefficient (Wildman–Crippen LogP) is 2.05. The van der Waals surface area contributed by atoms with Gasteiger partial charge < -0.3 is 15.5 Å². The number of carbonyl (C=O) groups is 1. The molecule has 2 heterocycles. The standard InChI is InChI=1S/C19H33N5OS/c1-5-20-19(22-14-17-15(2)9-13-26-17)21-10-7-12-24-11-6-8-16(24)18(25)23(3)4/h9,13,16H,5-8,10-12,14H2,1-4H3,(H2,20,21,22). The maximum absolute atomic E-state index is 12.2. The molecule has 1 saturated heterocycles. The number of likely N-dealkylation sites (N-methyl/N-ethyl adjacent to an activating group) is 1. The van der Waals surface area contributed by atoms with E-state index in [9.17, 15) is 4.79 Å². The van der Waals surface area contributed by atoms with E-state index < -0.39 is 0 Å². The summed E-state index contributed by atoms with van der Waals surface area (Å²) >= 11 is 1.75. The number of hydrogen-bond acceptors (Lipinski definition) is 4. The first kappa shape index (κ1) is 20.7.